The molecule has 0 fully saturated rings. The molecule has 0 saturated carbocycles. The van der Waals surface area contributed by atoms with Gasteiger partial charge in [0, 0.05) is 20.1 Å². The van der Waals surface area contributed by atoms with Gasteiger partial charge < -0.3 is 0 Å². The second kappa shape index (κ2) is 9.78. The number of benzene rings is 3. The summed E-state index contributed by atoms with van der Waals surface area (Å²) in [6.45, 7) is 0. The molecule has 0 aliphatic heterocycles. The van der Waals surface area contributed by atoms with Crippen LogP contribution in [0, 0.1) is 0 Å². The molecule has 3 rings (SSSR count). The molecule has 0 nitrogen and oxygen atoms in total. The molecule has 0 unspecified atom stereocenters. The fraction of sp³-hybridized carbons (Fsp3) is 0.143. The first kappa shape index (κ1) is 18.1. The van der Waals surface area contributed by atoms with E-state index in [9.17, 15) is 0 Å². The molecule has 0 heterocycles. The summed E-state index contributed by atoms with van der Waals surface area (Å²) in [5.74, 6) is 0. The Morgan fingerprint density at radius 2 is 0.696 bits per heavy atom. The van der Waals surface area contributed by atoms with E-state index < -0.39 is 0 Å². The molecule has 0 aliphatic carbocycles. The van der Waals surface area contributed by atoms with Gasteiger partial charge in [0.1, 0.15) is 0 Å². The van der Waals surface area contributed by atoms with E-state index in [0.717, 1.165) is 0 Å². The minimum absolute atomic E-state index is 0. The van der Waals surface area contributed by atoms with Crippen molar-refractivity contribution in [3.05, 3.63) is 108 Å². The molecule has 23 heavy (non-hydrogen) atoms. The van der Waals surface area contributed by atoms with E-state index in [1.807, 2.05) is 0 Å². The van der Waals surface area contributed by atoms with Crippen molar-refractivity contribution >= 4 is 7.92 Å². The van der Waals surface area contributed by atoms with Crippen molar-refractivity contribution in [2.24, 2.45) is 0 Å². The van der Waals surface area contributed by atoms with Gasteiger partial charge in [-0.25, -0.2) is 0 Å². The Labute approximate surface area is 154 Å². The van der Waals surface area contributed by atoms with Crippen LogP contribution in [0.1, 0.15) is 16.7 Å². The Bertz CT molecular complexity index is 569. The van der Waals surface area contributed by atoms with Crippen molar-refractivity contribution in [3.8, 4) is 0 Å². The summed E-state index contributed by atoms with van der Waals surface area (Å²) in [5.41, 5.74) is 4.38. The number of rotatable bonds is 6. The molecule has 0 N–H and O–H groups in total. The van der Waals surface area contributed by atoms with Gasteiger partial charge >= 0.3 is 0 Å². The zero-order chi connectivity index (χ0) is 15.0. The summed E-state index contributed by atoms with van der Waals surface area (Å²) in [5, 5.41) is 0. The third kappa shape index (κ3) is 6.03. The fourth-order valence-electron chi connectivity index (χ4n) is 2.69. The molecule has 1 radical (unpaired) electrons. The first-order chi connectivity index (χ1) is 10.9. The molecule has 0 spiro atoms. The molecule has 0 bridgehead atoms. The molecule has 0 atom stereocenters. The van der Waals surface area contributed by atoms with Crippen LogP contribution in [0.5, 0.6) is 0 Å². The van der Waals surface area contributed by atoms with Gasteiger partial charge in [-0.2, -0.15) is 0 Å². The van der Waals surface area contributed by atoms with E-state index in [2.05, 4.69) is 91.0 Å². The van der Waals surface area contributed by atoms with Crippen LogP contribution in [-0.4, -0.2) is 0 Å². The summed E-state index contributed by atoms with van der Waals surface area (Å²) in [6, 6.07) is 32.7. The standard InChI is InChI=1S/C21H21P.Ir/c1-4-10-19(11-5-1)16-22(17-20-12-6-2-7-13-20)18-21-14-8-3-9-15-21;/h1-15H,16-18H2;. The minimum Gasteiger partial charge on any atom is -0.0932 e. The summed E-state index contributed by atoms with van der Waals surface area (Å²) in [4.78, 5) is 0. The maximum absolute atomic E-state index is 2.26. The third-order valence-electron chi connectivity index (χ3n) is 3.75. The van der Waals surface area contributed by atoms with Crippen molar-refractivity contribution < 1.29 is 20.1 Å². The van der Waals surface area contributed by atoms with Gasteiger partial charge in [-0.3, -0.25) is 0 Å². The molecule has 2 heteroatoms. The summed E-state index contributed by atoms with van der Waals surface area (Å²) in [7, 11) is -0.0895. The summed E-state index contributed by atoms with van der Waals surface area (Å²) >= 11 is 0. The molecule has 0 amide bonds. The molecule has 119 valence electrons. The van der Waals surface area contributed by atoms with Crippen molar-refractivity contribution in [1.82, 2.24) is 0 Å². The Morgan fingerprint density at radius 3 is 0.957 bits per heavy atom. The average molecular weight is 497 g/mol. The topological polar surface area (TPSA) is 0 Å². The summed E-state index contributed by atoms with van der Waals surface area (Å²) in [6.07, 6.45) is 3.58. The molecule has 0 aromatic heterocycles. The monoisotopic (exact) mass is 497 g/mol. The third-order valence-corrected chi connectivity index (χ3v) is 6.18. The first-order valence-electron chi connectivity index (χ1n) is 7.74. The van der Waals surface area contributed by atoms with Gasteiger partial charge in [0.25, 0.3) is 0 Å². The second-order valence-electron chi connectivity index (χ2n) is 5.60. The van der Waals surface area contributed by atoms with Gasteiger partial charge in [-0.15, -0.1) is 0 Å². The normalized spacial score (nSPS) is 10.3. The van der Waals surface area contributed by atoms with Gasteiger partial charge in [-0.1, -0.05) is 98.9 Å². The Hall–Kier alpha value is -1.26. The molecule has 3 aromatic carbocycles. The smallest absolute Gasteiger partial charge is 0 e. The average Bonchev–Trinajstić information content (AvgIpc) is 2.57. The van der Waals surface area contributed by atoms with Gasteiger partial charge in [0.15, 0.2) is 0 Å². The van der Waals surface area contributed by atoms with Crippen LogP contribution in [0.25, 0.3) is 0 Å². The van der Waals surface area contributed by atoms with Crippen LogP contribution in [-0.2, 0) is 38.6 Å². The van der Waals surface area contributed by atoms with Crippen molar-refractivity contribution in [2.75, 3.05) is 0 Å². The van der Waals surface area contributed by atoms with E-state index in [-0.39, 0.29) is 28.0 Å². The first-order valence-corrected chi connectivity index (χ1v) is 9.64. The summed E-state index contributed by atoms with van der Waals surface area (Å²) < 4.78 is 0. The van der Waals surface area contributed by atoms with Crippen molar-refractivity contribution in [2.45, 2.75) is 18.5 Å². The molecule has 0 aliphatic rings. The molecular weight excluding hydrogens is 475 g/mol. The zero-order valence-electron chi connectivity index (χ0n) is 13.1. The Balaban J connectivity index is 0.00000192. The maximum Gasteiger partial charge on any atom is 0 e. The van der Waals surface area contributed by atoms with Crippen molar-refractivity contribution in [1.29, 1.82) is 0 Å². The molecular formula is C21H21IrP. The van der Waals surface area contributed by atoms with Crippen LogP contribution < -0.4 is 0 Å². The van der Waals surface area contributed by atoms with E-state index in [4.69, 9.17) is 0 Å². The second-order valence-corrected chi connectivity index (χ2v) is 7.89. The Morgan fingerprint density at radius 1 is 0.435 bits per heavy atom. The Kier molecular flexibility index (Phi) is 7.69. The van der Waals surface area contributed by atoms with E-state index >= 15 is 0 Å². The predicted molar refractivity (Wildman–Crippen MR) is 97.4 cm³/mol. The number of hydrogen-bond acceptors (Lipinski definition) is 0. The van der Waals surface area contributed by atoms with E-state index in [0.29, 0.717) is 0 Å². The SMILES string of the molecule is [Ir].c1ccc(CP(Cc2ccccc2)Cc2ccccc2)cc1. The van der Waals surface area contributed by atoms with Gasteiger partial charge in [0.2, 0.25) is 0 Å². The van der Waals surface area contributed by atoms with Crippen LogP contribution >= 0.6 is 7.92 Å². The van der Waals surface area contributed by atoms with Crippen LogP contribution in [0.4, 0.5) is 0 Å². The van der Waals surface area contributed by atoms with Gasteiger partial charge in [0.05, 0.1) is 0 Å². The largest absolute Gasteiger partial charge is 0.0932 e. The number of hydrogen-bond donors (Lipinski definition) is 0. The minimum atomic E-state index is -0.0895. The fourth-order valence-corrected chi connectivity index (χ4v) is 5.21. The van der Waals surface area contributed by atoms with Crippen molar-refractivity contribution in [3.63, 3.8) is 0 Å². The predicted octanol–water partition coefficient (Wildman–Crippen LogP) is 6.07. The van der Waals surface area contributed by atoms with E-state index in [1.165, 1.54) is 35.2 Å². The van der Waals surface area contributed by atoms with Crippen LogP contribution in [0.3, 0.4) is 0 Å². The zero-order valence-corrected chi connectivity index (χ0v) is 16.4. The molecule has 3 aromatic rings. The van der Waals surface area contributed by atoms with Gasteiger partial charge in [-0.05, 0) is 35.2 Å². The molecule has 0 saturated heterocycles. The quantitative estimate of drug-likeness (QED) is 0.364. The van der Waals surface area contributed by atoms with Crippen LogP contribution in [0.2, 0.25) is 0 Å². The van der Waals surface area contributed by atoms with Crippen LogP contribution in [0.15, 0.2) is 91.0 Å². The van der Waals surface area contributed by atoms with E-state index in [1.54, 1.807) is 0 Å². The maximum atomic E-state index is 2.26.